The first-order chi connectivity index (χ1) is 20.0. The van der Waals surface area contributed by atoms with Crippen LogP contribution in [0.3, 0.4) is 0 Å². The van der Waals surface area contributed by atoms with Gasteiger partial charge in [0.15, 0.2) is 13.9 Å². The minimum absolute atomic E-state index is 0.0263. The SMILES string of the molecule is COc1cc(C[C@@]2(CCO[Si](C)(C)C(C)(C)C)O[C@H](C(C)(C)C)OC2=O)c(OC)c2c(OC)c3ccccc3c(OC)c12. The number of rotatable bonds is 10. The molecule has 0 spiro atoms. The normalized spacial score (nSPS) is 19.5. The number of carbonyl (C=O) groups is 1. The Morgan fingerprint density at radius 1 is 0.837 bits per heavy atom. The second-order valence-corrected chi connectivity index (χ2v) is 18.7. The number of cyclic esters (lactones) is 1. The standard InChI is InChI=1S/C34H48O8Si/c1-32(2,3)31-41-30(35)34(42-31,17-18-40-43(11,12)33(4,5)6)20-21-19-24(36-7)25-26(27(21)37-8)29(39-10)23-16-14-13-15-22(23)28(25)38-9/h13-16,19,31H,17-18,20H2,1-12H3/t31-,34-/m1/s1. The molecule has 236 valence electrons. The first-order valence-corrected chi connectivity index (χ1v) is 17.7. The zero-order valence-electron chi connectivity index (χ0n) is 27.9. The Kier molecular flexibility index (Phi) is 9.04. The predicted octanol–water partition coefficient (Wildman–Crippen LogP) is 7.67. The van der Waals surface area contributed by atoms with Crippen molar-refractivity contribution >= 4 is 35.8 Å². The molecule has 1 fully saturated rings. The third-order valence-electron chi connectivity index (χ3n) is 8.90. The third kappa shape index (κ3) is 5.91. The summed E-state index contributed by atoms with van der Waals surface area (Å²) in [5.41, 5.74) is -0.986. The quantitative estimate of drug-likeness (QED) is 0.131. The topological polar surface area (TPSA) is 81.7 Å². The summed E-state index contributed by atoms with van der Waals surface area (Å²) in [4.78, 5) is 13.8. The highest BCUT2D eigenvalue weighted by Crippen LogP contribution is 2.52. The van der Waals surface area contributed by atoms with E-state index in [1.165, 1.54) is 0 Å². The maximum absolute atomic E-state index is 13.8. The van der Waals surface area contributed by atoms with Gasteiger partial charge in [0.25, 0.3) is 0 Å². The van der Waals surface area contributed by atoms with E-state index < -0.39 is 31.6 Å². The van der Waals surface area contributed by atoms with E-state index >= 15 is 0 Å². The average Bonchev–Trinajstić information content (AvgIpc) is 3.26. The molecular formula is C34H48O8Si. The number of fused-ring (bicyclic) bond motifs is 2. The third-order valence-corrected chi connectivity index (χ3v) is 13.4. The van der Waals surface area contributed by atoms with Crippen molar-refractivity contribution < 1.29 is 37.6 Å². The van der Waals surface area contributed by atoms with Crippen LogP contribution >= 0.6 is 0 Å². The Hall–Kier alpha value is -3.01. The zero-order valence-corrected chi connectivity index (χ0v) is 28.9. The van der Waals surface area contributed by atoms with E-state index in [2.05, 4.69) is 33.9 Å². The highest BCUT2D eigenvalue weighted by atomic mass is 28.4. The Balaban J connectivity index is 1.92. The molecule has 0 radical (unpaired) electrons. The van der Waals surface area contributed by atoms with Gasteiger partial charge in [-0.3, -0.25) is 0 Å². The maximum atomic E-state index is 13.8. The van der Waals surface area contributed by atoms with Crippen LogP contribution in [-0.2, 0) is 25.1 Å². The van der Waals surface area contributed by atoms with Crippen molar-refractivity contribution in [1.29, 1.82) is 0 Å². The van der Waals surface area contributed by atoms with Crippen molar-refractivity contribution in [2.45, 2.75) is 84.4 Å². The molecule has 0 amide bonds. The fourth-order valence-corrected chi connectivity index (χ4v) is 6.47. The summed E-state index contributed by atoms with van der Waals surface area (Å²) in [6.45, 7) is 17.3. The van der Waals surface area contributed by atoms with Gasteiger partial charge >= 0.3 is 5.97 Å². The van der Waals surface area contributed by atoms with Crippen LogP contribution in [0.1, 0.15) is 53.5 Å². The summed E-state index contributed by atoms with van der Waals surface area (Å²) in [5.74, 6) is 1.99. The van der Waals surface area contributed by atoms with E-state index in [0.717, 1.165) is 21.7 Å². The fourth-order valence-electron chi connectivity index (χ4n) is 5.43. The van der Waals surface area contributed by atoms with Crippen LogP contribution < -0.4 is 18.9 Å². The number of carbonyl (C=O) groups excluding carboxylic acids is 1. The van der Waals surface area contributed by atoms with Crippen molar-refractivity contribution in [3.63, 3.8) is 0 Å². The van der Waals surface area contributed by atoms with Gasteiger partial charge in [-0.05, 0) is 24.2 Å². The summed E-state index contributed by atoms with van der Waals surface area (Å²) in [6.07, 6.45) is -0.195. The van der Waals surface area contributed by atoms with Gasteiger partial charge in [-0.1, -0.05) is 65.8 Å². The molecule has 43 heavy (non-hydrogen) atoms. The zero-order chi connectivity index (χ0) is 32.0. The van der Waals surface area contributed by atoms with Crippen LogP contribution in [0.15, 0.2) is 30.3 Å². The molecule has 3 aromatic rings. The molecular weight excluding hydrogens is 564 g/mol. The van der Waals surface area contributed by atoms with E-state index in [0.29, 0.717) is 41.4 Å². The van der Waals surface area contributed by atoms with Crippen LogP contribution in [0.4, 0.5) is 0 Å². The van der Waals surface area contributed by atoms with Crippen LogP contribution in [0.25, 0.3) is 21.5 Å². The van der Waals surface area contributed by atoms with Gasteiger partial charge in [0, 0.05) is 41.2 Å². The smallest absolute Gasteiger partial charge is 0.341 e. The lowest BCUT2D eigenvalue weighted by Crippen LogP contribution is -2.45. The largest absolute Gasteiger partial charge is 0.496 e. The van der Waals surface area contributed by atoms with E-state index in [4.69, 9.17) is 32.8 Å². The first kappa shape index (κ1) is 32.9. The van der Waals surface area contributed by atoms with Crippen molar-refractivity contribution in [1.82, 2.24) is 0 Å². The van der Waals surface area contributed by atoms with Crippen molar-refractivity contribution in [3.8, 4) is 23.0 Å². The van der Waals surface area contributed by atoms with Gasteiger partial charge in [0.1, 0.15) is 23.0 Å². The summed E-state index contributed by atoms with van der Waals surface area (Å²) in [6, 6.07) is 9.78. The Labute approximate surface area is 257 Å². The van der Waals surface area contributed by atoms with E-state index in [1.54, 1.807) is 28.4 Å². The summed E-state index contributed by atoms with van der Waals surface area (Å²) in [7, 11) is 4.43. The van der Waals surface area contributed by atoms with Crippen LogP contribution in [0.2, 0.25) is 18.1 Å². The molecule has 0 unspecified atom stereocenters. The molecule has 0 aliphatic carbocycles. The number of hydrogen-bond donors (Lipinski definition) is 0. The number of benzene rings is 3. The van der Waals surface area contributed by atoms with Crippen molar-refractivity contribution in [2.75, 3.05) is 35.0 Å². The van der Waals surface area contributed by atoms with Crippen molar-refractivity contribution in [3.05, 3.63) is 35.9 Å². The Morgan fingerprint density at radius 2 is 1.40 bits per heavy atom. The molecule has 0 N–H and O–H groups in total. The van der Waals surface area contributed by atoms with Crippen LogP contribution in [0, 0.1) is 5.41 Å². The van der Waals surface area contributed by atoms with Gasteiger partial charge < -0.3 is 32.8 Å². The van der Waals surface area contributed by atoms with Gasteiger partial charge in [-0.25, -0.2) is 4.79 Å². The average molecular weight is 613 g/mol. The van der Waals surface area contributed by atoms with Gasteiger partial charge in [0.2, 0.25) is 6.29 Å². The number of hydrogen-bond acceptors (Lipinski definition) is 8. The molecule has 8 nitrogen and oxygen atoms in total. The second kappa shape index (κ2) is 11.8. The van der Waals surface area contributed by atoms with Crippen molar-refractivity contribution in [2.24, 2.45) is 5.41 Å². The molecule has 4 rings (SSSR count). The summed E-state index contributed by atoms with van der Waals surface area (Å²) in [5, 5.41) is 3.20. The summed E-state index contributed by atoms with van der Waals surface area (Å²) >= 11 is 0. The van der Waals surface area contributed by atoms with Gasteiger partial charge in [-0.15, -0.1) is 0 Å². The van der Waals surface area contributed by atoms with E-state index in [1.807, 2.05) is 51.1 Å². The molecule has 1 saturated heterocycles. The molecule has 0 bridgehead atoms. The molecule has 0 aromatic heterocycles. The number of esters is 1. The monoisotopic (exact) mass is 612 g/mol. The van der Waals surface area contributed by atoms with E-state index in [9.17, 15) is 4.79 Å². The lowest BCUT2D eigenvalue weighted by Gasteiger charge is -2.37. The molecule has 2 atom stereocenters. The fraction of sp³-hybridized carbons (Fsp3) is 0.559. The lowest BCUT2D eigenvalue weighted by atomic mass is 9.88. The maximum Gasteiger partial charge on any atom is 0.341 e. The molecule has 1 heterocycles. The van der Waals surface area contributed by atoms with Gasteiger partial charge in [-0.2, -0.15) is 0 Å². The van der Waals surface area contributed by atoms with Crippen LogP contribution in [0.5, 0.6) is 23.0 Å². The molecule has 9 heteroatoms. The first-order valence-electron chi connectivity index (χ1n) is 14.8. The molecule has 3 aromatic carbocycles. The highest BCUT2D eigenvalue weighted by molar-refractivity contribution is 6.74. The molecule has 1 aliphatic rings. The lowest BCUT2D eigenvalue weighted by molar-refractivity contribution is -0.156. The second-order valence-electron chi connectivity index (χ2n) is 13.9. The number of methoxy groups -OCH3 is 4. The molecule has 1 aliphatic heterocycles. The number of ether oxygens (including phenoxy) is 6. The Morgan fingerprint density at radius 3 is 1.86 bits per heavy atom. The van der Waals surface area contributed by atoms with Crippen LogP contribution in [-0.4, -0.2) is 61.2 Å². The Bertz CT molecular complexity index is 1500. The highest BCUT2D eigenvalue weighted by Gasteiger charge is 2.54. The summed E-state index contributed by atoms with van der Waals surface area (Å²) < 4.78 is 43.1. The van der Waals surface area contributed by atoms with Gasteiger partial charge in [0.05, 0.1) is 39.2 Å². The minimum atomic E-state index is -2.08. The minimum Gasteiger partial charge on any atom is -0.496 e. The predicted molar refractivity (Wildman–Crippen MR) is 172 cm³/mol. The molecule has 0 saturated carbocycles. The van der Waals surface area contributed by atoms with E-state index in [-0.39, 0.29) is 11.5 Å².